The molecular formula is C10H20N2. The van der Waals surface area contributed by atoms with E-state index in [9.17, 15) is 0 Å². The Morgan fingerprint density at radius 3 is 1.83 bits per heavy atom. The molecule has 0 aromatic carbocycles. The highest BCUT2D eigenvalue weighted by molar-refractivity contribution is 5.94. The van der Waals surface area contributed by atoms with Gasteiger partial charge in [-0.2, -0.15) is 0 Å². The van der Waals surface area contributed by atoms with E-state index >= 15 is 0 Å². The molecule has 70 valence electrons. The summed E-state index contributed by atoms with van der Waals surface area (Å²) in [5.41, 5.74) is 3.78. The maximum atomic E-state index is 3.84. The lowest BCUT2D eigenvalue weighted by molar-refractivity contribution is -0.430. The maximum Gasteiger partial charge on any atom is 0.105 e. The van der Waals surface area contributed by atoms with Crippen molar-refractivity contribution in [2.45, 2.75) is 20.8 Å². The average molecular weight is 168 g/mol. The molecule has 0 aromatic rings. The molecule has 0 aromatic heterocycles. The first-order chi connectivity index (χ1) is 5.37. The van der Waals surface area contributed by atoms with E-state index in [4.69, 9.17) is 0 Å². The van der Waals surface area contributed by atoms with Crippen molar-refractivity contribution in [3.63, 3.8) is 0 Å². The largest absolute Gasteiger partial charge is 0.382 e. The lowest BCUT2D eigenvalue weighted by Crippen LogP contribution is -2.16. The summed E-state index contributed by atoms with van der Waals surface area (Å²) < 4.78 is 1.89. The third kappa shape index (κ3) is 2.61. The van der Waals surface area contributed by atoms with Crippen molar-refractivity contribution in [1.29, 1.82) is 0 Å². The number of hydrogen-bond acceptors (Lipinski definition) is 1. The third-order valence-corrected chi connectivity index (χ3v) is 2.33. The number of rotatable bonds is 2. The summed E-state index contributed by atoms with van der Waals surface area (Å²) in [6, 6.07) is 0. The summed E-state index contributed by atoms with van der Waals surface area (Å²) in [5, 5.41) is 0. The summed E-state index contributed by atoms with van der Waals surface area (Å²) in [5.74, 6) is 0. The molecule has 0 aliphatic carbocycles. The molecule has 2 nitrogen and oxygen atoms in total. The van der Waals surface area contributed by atoms with Crippen LogP contribution in [0.4, 0.5) is 0 Å². The Morgan fingerprint density at radius 2 is 1.58 bits per heavy atom. The van der Waals surface area contributed by atoms with Crippen LogP contribution in [0.5, 0.6) is 0 Å². The van der Waals surface area contributed by atoms with Crippen molar-refractivity contribution >= 4 is 5.71 Å². The summed E-state index contributed by atoms with van der Waals surface area (Å²) in [6.45, 7) is 6.31. The standard InChI is InChI=1S/C10H20N2/c1-8(9(2)11(4)5)10(3)12(6)7/h4H2,1-3,5-7H3/b10-8-. The van der Waals surface area contributed by atoms with Crippen LogP contribution < -0.4 is 0 Å². The third-order valence-electron chi connectivity index (χ3n) is 2.33. The molecule has 0 N–H and O–H groups in total. The van der Waals surface area contributed by atoms with Gasteiger partial charge >= 0.3 is 0 Å². The van der Waals surface area contributed by atoms with Gasteiger partial charge in [0.2, 0.25) is 0 Å². The number of allylic oxidation sites excluding steroid dienone is 2. The van der Waals surface area contributed by atoms with Gasteiger partial charge in [-0.1, -0.05) is 0 Å². The Balaban J connectivity index is 4.93. The Hall–Kier alpha value is -0.920. The van der Waals surface area contributed by atoms with E-state index in [0.717, 1.165) is 0 Å². The molecule has 0 amide bonds. The molecule has 0 aliphatic rings. The van der Waals surface area contributed by atoms with Gasteiger partial charge in [-0.25, -0.2) is 0 Å². The van der Waals surface area contributed by atoms with E-state index in [0.29, 0.717) is 0 Å². The molecule has 0 spiro atoms. The average Bonchev–Trinajstić information content (AvgIpc) is 2.00. The SMILES string of the molecule is [CH2-]/[N+](C)=C(C)\C(C)=C(\C)N(C)C. The zero-order valence-electron chi connectivity index (χ0n) is 9.10. The highest BCUT2D eigenvalue weighted by Gasteiger charge is 2.00. The Labute approximate surface area is 76.2 Å². The normalized spacial score (nSPS) is 15.2. The highest BCUT2D eigenvalue weighted by Crippen LogP contribution is 2.07. The van der Waals surface area contributed by atoms with Gasteiger partial charge in [-0.3, -0.25) is 0 Å². The van der Waals surface area contributed by atoms with Crippen molar-refractivity contribution in [1.82, 2.24) is 4.90 Å². The summed E-state index contributed by atoms with van der Waals surface area (Å²) in [4.78, 5) is 2.11. The Morgan fingerprint density at radius 1 is 1.17 bits per heavy atom. The second-order valence-corrected chi connectivity index (χ2v) is 3.39. The zero-order chi connectivity index (χ0) is 9.89. The fraction of sp³-hybridized carbons (Fsp3) is 0.600. The molecule has 0 fully saturated rings. The van der Waals surface area contributed by atoms with Crippen LogP contribution in [0.25, 0.3) is 0 Å². The van der Waals surface area contributed by atoms with Gasteiger partial charge in [0.05, 0.1) is 0 Å². The molecule has 0 unspecified atom stereocenters. The van der Waals surface area contributed by atoms with Gasteiger partial charge in [0, 0.05) is 25.5 Å². The van der Waals surface area contributed by atoms with Crippen molar-refractivity contribution in [3.8, 4) is 0 Å². The van der Waals surface area contributed by atoms with Crippen LogP contribution >= 0.6 is 0 Å². The van der Waals surface area contributed by atoms with E-state index in [2.05, 4.69) is 46.8 Å². The fourth-order valence-corrected chi connectivity index (χ4v) is 0.884. The molecule has 12 heavy (non-hydrogen) atoms. The van der Waals surface area contributed by atoms with Crippen molar-refractivity contribution in [3.05, 3.63) is 18.3 Å². The molecular weight excluding hydrogens is 148 g/mol. The van der Waals surface area contributed by atoms with Gasteiger partial charge < -0.3 is 9.48 Å². The van der Waals surface area contributed by atoms with Crippen LogP contribution in [-0.4, -0.2) is 36.3 Å². The van der Waals surface area contributed by atoms with Crippen LogP contribution in [0.1, 0.15) is 20.8 Å². The molecule has 0 heterocycles. The van der Waals surface area contributed by atoms with E-state index in [1.54, 1.807) is 0 Å². The molecule has 0 radical (unpaired) electrons. The van der Waals surface area contributed by atoms with Gasteiger partial charge in [0.25, 0.3) is 0 Å². The smallest absolute Gasteiger partial charge is 0.105 e. The minimum absolute atomic E-state index is 1.21. The highest BCUT2D eigenvalue weighted by atomic mass is 15.1. The maximum absolute atomic E-state index is 3.84. The number of hydrogen-bond donors (Lipinski definition) is 0. The topological polar surface area (TPSA) is 6.25 Å². The van der Waals surface area contributed by atoms with Crippen LogP contribution in [0.2, 0.25) is 0 Å². The van der Waals surface area contributed by atoms with Gasteiger partial charge in [0.1, 0.15) is 7.05 Å². The second kappa shape index (κ2) is 4.19. The molecule has 0 atom stereocenters. The van der Waals surface area contributed by atoms with Crippen LogP contribution in [-0.2, 0) is 0 Å². The minimum atomic E-state index is 1.21. The van der Waals surface area contributed by atoms with E-state index in [1.165, 1.54) is 17.0 Å². The molecule has 0 rings (SSSR count). The Kier molecular flexibility index (Phi) is 3.87. The van der Waals surface area contributed by atoms with Gasteiger partial charge in [-0.05, 0) is 33.4 Å². The molecule has 0 aliphatic heterocycles. The molecule has 2 heteroatoms. The molecule has 0 saturated heterocycles. The van der Waals surface area contributed by atoms with Crippen molar-refractivity contribution < 1.29 is 4.58 Å². The summed E-state index contributed by atoms with van der Waals surface area (Å²) in [6.07, 6.45) is 0. The summed E-state index contributed by atoms with van der Waals surface area (Å²) >= 11 is 0. The van der Waals surface area contributed by atoms with E-state index in [1.807, 2.05) is 11.6 Å². The first-order valence-electron chi connectivity index (χ1n) is 4.11. The quantitative estimate of drug-likeness (QED) is 0.346. The van der Waals surface area contributed by atoms with Crippen LogP contribution in [0, 0.1) is 7.05 Å². The number of nitrogens with zero attached hydrogens (tertiary/aromatic N) is 2. The van der Waals surface area contributed by atoms with E-state index < -0.39 is 0 Å². The second-order valence-electron chi connectivity index (χ2n) is 3.39. The fourth-order valence-electron chi connectivity index (χ4n) is 0.884. The van der Waals surface area contributed by atoms with Crippen LogP contribution in [0.15, 0.2) is 11.3 Å². The monoisotopic (exact) mass is 168 g/mol. The van der Waals surface area contributed by atoms with Crippen molar-refractivity contribution in [2.24, 2.45) is 0 Å². The lowest BCUT2D eigenvalue weighted by atomic mass is 10.1. The molecule has 0 saturated carbocycles. The van der Waals surface area contributed by atoms with Crippen LogP contribution in [0.3, 0.4) is 0 Å². The first-order valence-corrected chi connectivity index (χ1v) is 4.11. The van der Waals surface area contributed by atoms with E-state index in [-0.39, 0.29) is 0 Å². The summed E-state index contributed by atoms with van der Waals surface area (Å²) in [7, 11) is 9.91. The van der Waals surface area contributed by atoms with Crippen molar-refractivity contribution in [2.75, 3.05) is 21.1 Å². The van der Waals surface area contributed by atoms with Gasteiger partial charge in [-0.15, -0.1) is 0 Å². The molecule has 0 bridgehead atoms. The Bertz CT molecular complexity index is 218. The first kappa shape index (κ1) is 11.1. The zero-order valence-corrected chi connectivity index (χ0v) is 9.10. The minimum Gasteiger partial charge on any atom is -0.382 e. The van der Waals surface area contributed by atoms with Gasteiger partial charge in [0.15, 0.2) is 0 Å². The predicted molar refractivity (Wildman–Crippen MR) is 54.3 cm³/mol. The lowest BCUT2D eigenvalue weighted by Gasteiger charge is -2.18. The predicted octanol–water partition coefficient (Wildman–Crippen LogP) is 1.74.